The quantitative estimate of drug-likeness (QED) is 0.766. The number of fused-ring (bicyclic) bond motifs is 1. The van der Waals surface area contributed by atoms with Crippen LogP contribution in [0.25, 0.3) is 4.96 Å². The molecule has 3 aromatic rings. The number of aryl methyl sites for hydroxylation is 1. The first-order valence-electron chi connectivity index (χ1n) is 5.95. The summed E-state index contributed by atoms with van der Waals surface area (Å²) in [6, 6.07) is 0. The van der Waals surface area contributed by atoms with Crippen LogP contribution in [0.3, 0.4) is 0 Å². The molecule has 3 heterocycles. The van der Waals surface area contributed by atoms with Crippen LogP contribution in [0.5, 0.6) is 5.88 Å². The third-order valence-electron chi connectivity index (χ3n) is 3.01. The van der Waals surface area contributed by atoms with Crippen LogP contribution in [0.15, 0.2) is 24.0 Å². The molecule has 0 spiro atoms. The summed E-state index contributed by atoms with van der Waals surface area (Å²) in [6.45, 7) is 1.40. The van der Waals surface area contributed by atoms with Gasteiger partial charge in [0.25, 0.3) is 0 Å². The second-order valence-corrected chi connectivity index (χ2v) is 5.05. The molecule has 0 fully saturated rings. The molecule has 0 aliphatic rings. The van der Waals surface area contributed by atoms with Gasteiger partial charge in [-0.1, -0.05) is 0 Å². The Kier molecular flexibility index (Phi) is 3.22. The monoisotopic (exact) mass is 277 g/mol. The molecule has 0 aromatic carbocycles. The van der Waals surface area contributed by atoms with Crippen LogP contribution in [0.4, 0.5) is 0 Å². The minimum absolute atomic E-state index is 0.680. The van der Waals surface area contributed by atoms with Gasteiger partial charge < -0.3 is 14.6 Å². The van der Waals surface area contributed by atoms with Crippen molar-refractivity contribution < 1.29 is 4.74 Å². The highest BCUT2D eigenvalue weighted by atomic mass is 32.1. The maximum atomic E-state index is 5.31. The Morgan fingerprint density at radius 3 is 3.00 bits per heavy atom. The summed E-state index contributed by atoms with van der Waals surface area (Å²) in [6.07, 6.45) is 5.74. The summed E-state index contributed by atoms with van der Waals surface area (Å²) >= 11 is 1.60. The number of nitrogens with zero attached hydrogens (tertiary/aromatic N) is 4. The molecule has 0 unspecified atom stereocenters. The van der Waals surface area contributed by atoms with Crippen LogP contribution < -0.4 is 10.1 Å². The number of methoxy groups -OCH3 is 1. The normalized spacial score (nSPS) is 11.3. The van der Waals surface area contributed by atoms with Crippen LogP contribution in [0, 0.1) is 0 Å². The number of aromatic nitrogens is 4. The molecule has 0 amide bonds. The molecule has 7 heteroatoms. The number of hydrogen-bond acceptors (Lipinski definition) is 5. The van der Waals surface area contributed by atoms with Gasteiger partial charge >= 0.3 is 0 Å². The molecule has 19 heavy (non-hydrogen) atoms. The van der Waals surface area contributed by atoms with E-state index in [4.69, 9.17) is 4.74 Å². The van der Waals surface area contributed by atoms with Gasteiger partial charge in [0.15, 0.2) is 4.96 Å². The summed E-state index contributed by atoms with van der Waals surface area (Å²) in [5.41, 5.74) is 1.04. The second-order valence-electron chi connectivity index (χ2n) is 4.18. The van der Waals surface area contributed by atoms with Crippen molar-refractivity contribution in [3.05, 3.63) is 35.5 Å². The van der Waals surface area contributed by atoms with Gasteiger partial charge in [0.2, 0.25) is 5.88 Å². The van der Waals surface area contributed by atoms with Crippen molar-refractivity contribution in [2.24, 2.45) is 7.05 Å². The Morgan fingerprint density at radius 2 is 2.26 bits per heavy atom. The number of thiazole rings is 1. The molecule has 0 radical (unpaired) electrons. The van der Waals surface area contributed by atoms with Gasteiger partial charge in [-0.05, 0) is 0 Å². The van der Waals surface area contributed by atoms with Crippen molar-refractivity contribution in [1.29, 1.82) is 0 Å². The van der Waals surface area contributed by atoms with Crippen LogP contribution in [0.2, 0.25) is 0 Å². The maximum absolute atomic E-state index is 5.31. The van der Waals surface area contributed by atoms with Gasteiger partial charge in [0.1, 0.15) is 11.5 Å². The lowest BCUT2D eigenvalue weighted by Gasteiger charge is -2.06. The van der Waals surface area contributed by atoms with Crippen molar-refractivity contribution in [3.8, 4) is 5.88 Å². The highest BCUT2D eigenvalue weighted by molar-refractivity contribution is 7.15. The van der Waals surface area contributed by atoms with Crippen molar-refractivity contribution in [3.63, 3.8) is 0 Å². The molecular formula is C12H15N5OS. The Labute approximate surface area is 114 Å². The van der Waals surface area contributed by atoms with Gasteiger partial charge in [0.05, 0.1) is 13.7 Å². The molecule has 0 atom stereocenters. The van der Waals surface area contributed by atoms with E-state index in [1.54, 1.807) is 24.6 Å². The van der Waals surface area contributed by atoms with E-state index in [0.717, 1.165) is 16.5 Å². The fourth-order valence-corrected chi connectivity index (χ4v) is 2.72. The van der Waals surface area contributed by atoms with E-state index in [1.807, 2.05) is 29.4 Å². The predicted octanol–water partition coefficient (Wildman–Crippen LogP) is 1.43. The SMILES string of the molecule is COc1nc2sccn2c1CNCc1nccn1C. The van der Waals surface area contributed by atoms with E-state index in [9.17, 15) is 0 Å². The van der Waals surface area contributed by atoms with E-state index >= 15 is 0 Å². The zero-order valence-corrected chi connectivity index (χ0v) is 11.6. The molecule has 0 aliphatic carbocycles. The number of imidazole rings is 2. The van der Waals surface area contributed by atoms with Crippen molar-refractivity contribution >= 4 is 16.3 Å². The lowest BCUT2D eigenvalue weighted by molar-refractivity contribution is 0.392. The van der Waals surface area contributed by atoms with Gasteiger partial charge in [-0.15, -0.1) is 11.3 Å². The number of rotatable bonds is 5. The van der Waals surface area contributed by atoms with Gasteiger partial charge in [0, 0.05) is 37.6 Å². The highest BCUT2D eigenvalue weighted by Crippen LogP contribution is 2.22. The molecule has 0 bridgehead atoms. The van der Waals surface area contributed by atoms with Crippen molar-refractivity contribution in [1.82, 2.24) is 24.3 Å². The number of hydrogen-bond donors (Lipinski definition) is 1. The lowest BCUT2D eigenvalue weighted by Crippen LogP contribution is -2.17. The third kappa shape index (κ3) is 2.22. The molecule has 1 N–H and O–H groups in total. The standard InChI is InChI=1S/C12H15N5OS/c1-16-4-3-14-10(16)8-13-7-9-11(18-2)15-12-17(9)5-6-19-12/h3-6,13H,7-8H2,1-2H3. The van der Waals surface area contributed by atoms with Crippen LogP contribution >= 0.6 is 11.3 Å². The minimum atomic E-state index is 0.680. The van der Waals surface area contributed by atoms with E-state index < -0.39 is 0 Å². The first kappa shape index (κ1) is 12.2. The largest absolute Gasteiger partial charge is 0.480 e. The summed E-state index contributed by atoms with van der Waals surface area (Å²) in [5, 5.41) is 5.39. The summed E-state index contributed by atoms with van der Waals surface area (Å²) < 4.78 is 9.37. The highest BCUT2D eigenvalue weighted by Gasteiger charge is 2.13. The average molecular weight is 277 g/mol. The fourth-order valence-electron chi connectivity index (χ4n) is 2.00. The smallest absolute Gasteiger partial charge is 0.237 e. The first-order valence-corrected chi connectivity index (χ1v) is 6.83. The zero-order chi connectivity index (χ0) is 13.2. The summed E-state index contributed by atoms with van der Waals surface area (Å²) in [7, 11) is 3.63. The Balaban J connectivity index is 1.74. The maximum Gasteiger partial charge on any atom is 0.237 e. The molecule has 0 saturated heterocycles. The molecule has 0 aliphatic heterocycles. The predicted molar refractivity (Wildman–Crippen MR) is 73.4 cm³/mol. The van der Waals surface area contributed by atoms with E-state index in [1.165, 1.54) is 0 Å². The molecule has 3 aromatic heterocycles. The third-order valence-corrected chi connectivity index (χ3v) is 3.77. The van der Waals surface area contributed by atoms with E-state index in [0.29, 0.717) is 19.0 Å². The molecule has 3 rings (SSSR count). The van der Waals surface area contributed by atoms with Crippen molar-refractivity contribution in [2.45, 2.75) is 13.1 Å². The van der Waals surface area contributed by atoms with Gasteiger partial charge in [-0.2, -0.15) is 4.98 Å². The average Bonchev–Trinajstić information content (AvgIpc) is 3.07. The topological polar surface area (TPSA) is 56.4 Å². The molecular weight excluding hydrogens is 262 g/mol. The van der Waals surface area contributed by atoms with E-state index in [-0.39, 0.29) is 0 Å². The van der Waals surface area contributed by atoms with Gasteiger partial charge in [-0.3, -0.25) is 4.40 Å². The van der Waals surface area contributed by atoms with Crippen LogP contribution in [0.1, 0.15) is 11.5 Å². The molecule has 0 saturated carbocycles. The minimum Gasteiger partial charge on any atom is -0.480 e. The first-order chi connectivity index (χ1) is 9.29. The fraction of sp³-hybridized carbons (Fsp3) is 0.333. The Hall–Kier alpha value is -1.86. The summed E-state index contributed by atoms with van der Waals surface area (Å²) in [5.74, 6) is 1.68. The lowest BCUT2D eigenvalue weighted by atomic mass is 10.4. The zero-order valence-electron chi connectivity index (χ0n) is 10.8. The van der Waals surface area contributed by atoms with Gasteiger partial charge in [-0.25, -0.2) is 4.98 Å². The van der Waals surface area contributed by atoms with E-state index in [2.05, 4.69) is 19.7 Å². The molecule has 100 valence electrons. The molecule has 6 nitrogen and oxygen atoms in total. The van der Waals surface area contributed by atoms with Crippen LogP contribution in [-0.2, 0) is 20.1 Å². The van der Waals surface area contributed by atoms with Crippen molar-refractivity contribution in [2.75, 3.05) is 7.11 Å². The Morgan fingerprint density at radius 1 is 1.37 bits per heavy atom. The second kappa shape index (κ2) is 5.02. The number of nitrogens with one attached hydrogen (secondary N) is 1. The Bertz CT molecular complexity index is 683. The number of ether oxygens (including phenoxy) is 1. The van der Waals surface area contributed by atoms with Crippen LogP contribution in [-0.4, -0.2) is 26.0 Å². The summed E-state index contributed by atoms with van der Waals surface area (Å²) in [4.78, 5) is 9.65.